The molecule has 1 amide bonds. The summed E-state index contributed by atoms with van der Waals surface area (Å²) in [5.74, 6) is -0.594. The van der Waals surface area contributed by atoms with Crippen molar-refractivity contribution in [3.05, 3.63) is 71.8 Å². The highest BCUT2D eigenvalue weighted by molar-refractivity contribution is 5.94. The number of hydrogen-bond donors (Lipinski definition) is 1. The number of nitrogens with one attached hydrogen (secondary N) is 1. The highest BCUT2D eigenvalue weighted by Gasteiger charge is 2.23. The summed E-state index contributed by atoms with van der Waals surface area (Å²) in [6, 6.07) is 17.7. The Bertz CT molecular complexity index is 636. The summed E-state index contributed by atoms with van der Waals surface area (Å²) in [5, 5.41) is 2.86. The second kappa shape index (κ2) is 6.89. The average Bonchev–Trinajstić information content (AvgIpc) is 2.54. The predicted molar refractivity (Wildman–Crippen MR) is 84.7 cm³/mol. The number of carbonyl (C=O) groups excluding carboxylic acids is 2. The number of rotatable bonds is 5. The lowest BCUT2D eigenvalue weighted by atomic mass is 10.1. The van der Waals surface area contributed by atoms with Gasteiger partial charge >= 0.3 is 5.97 Å². The van der Waals surface area contributed by atoms with Crippen LogP contribution in [-0.2, 0) is 4.74 Å². The topological polar surface area (TPSA) is 55.4 Å². The van der Waals surface area contributed by atoms with E-state index < -0.39 is 11.5 Å². The Morgan fingerprint density at radius 3 is 1.95 bits per heavy atom. The molecule has 0 unspecified atom stereocenters. The van der Waals surface area contributed by atoms with Crippen LogP contribution in [0.1, 0.15) is 34.6 Å². The second-order valence-electron chi connectivity index (χ2n) is 5.65. The van der Waals surface area contributed by atoms with Gasteiger partial charge in [0, 0.05) is 5.56 Å². The number of benzene rings is 2. The molecule has 2 aromatic rings. The molecule has 0 aliphatic rings. The van der Waals surface area contributed by atoms with E-state index in [1.165, 1.54) is 0 Å². The van der Waals surface area contributed by atoms with Crippen LogP contribution in [0.25, 0.3) is 0 Å². The third-order valence-electron chi connectivity index (χ3n) is 3.06. The Balaban J connectivity index is 1.91. The van der Waals surface area contributed by atoms with Crippen molar-refractivity contribution in [1.29, 1.82) is 0 Å². The fraction of sp³-hybridized carbons (Fsp3) is 0.222. The van der Waals surface area contributed by atoms with Gasteiger partial charge in [-0.05, 0) is 38.1 Å². The van der Waals surface area contributed by atoms with Gasteiger partial charge in [-0.1, -0.05) is 36.4 Å². The summed E-state index contributed by atoms with van der Waals surface area (Å²) in [6.07, 6.45) is 0. The molecule has 114 valence electrons. The molecule has 0 fully saturated rings. The van der Waals surface area contributed by atoms with Crippen LogP contribution in [0.2, 0.25) is 0 Å². The lowest BCUT2D eigenvalue weighted by Crippen LogP contribution is -2.47. The van der Waals surface area contributed by atoms with Crippen molar-refractivity contribution in [2.45, 2.75) is 19.4 Å². The summed E-state index contributed by atoms with van der Waals surface area (Å²) in [7, 11) is 0. The van der Waals surface area contributed by atoms with E-state index in [1.807, 2.05) is 26.0 Å². The van der Waals surface area contributed by atoms with Crippen LogP contribution in [-0.4, -0.2) is 24.0 Å². The highest BCUT2D eigenvalue weighted by atomic mass is 16.5. The van der Waals surface area contributed by atoms with Crippen LogP contribution < -0.4 is 5.32 Å². The van der Waals surface area contributed by atoms with E-state index in [9.17, 15) is 9.59 Å². The van der Waals surface area contributed by atoms with Crippen LogP contribution in [0.15, 0.2) is 60.7 Å². The first kappa shape index (κ1) is 15.8. The van der Waals surface area contributed by atoms with Crippen molar-refractivity contribution in [1.82, 2.24) is 5.32 Å². The Kier molecular flexibility index (Phi) is 4.94. The van der Waals surface area contributed by atoms with E-state index in [2.05, 4.69) is 5.32 Å². The molecule has 0 heterocycles. The molecular formula is C18H19NO3. The standard InChI is InChI=1S/C18H19NO3/c1-18(2,19-16(20)14-9-5-3-6-10-14)13-22-17(21)15-11-7-4-8-12-15/h3-12H,13H2,1-2H3,(H,19,20). The predicted octanol–water partition coefficient (Wildman–Crippen LogP) is 3.05. The third-order valence-corrected chi connectivity index (χ3v) is 3.06. The molecular weight excluding hydrogens is 278 g/mol. The summed E-state index contributed by atoms with van der Waals surface area (Å²) >= 11 is 0. The maximum atomic E-state index is 12.1. The number of carbonyl (C=O) groups is 2. The van der Waals surface area contributed by atoms with E-state index in [0.29, 0.717) is 11.1 Å². The van der Waals surface area contributed by atoms with E-state index in [0.717, 1.165) is 0 Å². The Morgan fingerprint density at radius 2 is 1.41 bits per heavy atom. The summed E-state index contributed by atoms with van der Waals surface area (Å²) < 4.78 is 5.28. The minimum Gasteiger partial charge on any atom is -0.460 e. The summed E-state index contributed by atoms with van der Waals surface area (Å²) in [4.78, 5) is 24.0. The van der Waals surface area contributed by atoms with Gasteiger partial charge in [0.25, 0.3) is 5.91 Å². The first-order valence-electron chi connectivity index (χ1n) is 7.08. The van der Waals surface area contributed by atoms with Gasteiger partial charge in [0.1, 0.15) is 6.61 Å². The Morgan fingerprint density at radius 1 is 0.909 bits per heavy atom. The first-order chi connectivity index (χ1) is 10.5. The fourth-order valence-corrected chi connectivity index (χ4v) is 1.91. The van der Waals surface area contributed by atoms with Crippen LogP contribution in [0, 0.1) is 0 Å². The van der Waals surface area contributed by atoms with E-state index in [-0.39, 0.29) is 12.5 Å². The van der Waals surface area contributed by atoms with Gasteiger partial charge in [-0.3, -0.25) is 4.79 Å². The summed E-state index contributed by atoms with van der Waals surface area (Å²) in [5.41, 5.74) is 0.412. The first-order valence-corrected chi connectivity index (χ1v) is 7.08. The van der Waals surface area contributed by atoms with Crippen molar-refractivity contribution in [3.8, 4) is 0 Å². The van der Waals surface area contributed by atoms with E-state index in [1.54, 1.807) is 48.5 Å². The minimum atomic E-state index is -0.655. The zero-order valence-corrected chi connectivity index (χ0v) is 12.7. The monoisotopic (exact) mass is 297 g/mol. The van der Waals surface area contributed by atoms with Crippen molar-refractivity contribution in [3.63, 3.8) is 0 Å². The molecule has 0 saturated carbocycles. The van der Waals surface area contributed by atoms with Gasteiger partial charge in [-0.15, -0.1) is 0 Å². The SMILES string of the molecule is CC(C)(COC(=O)c1ccccc1)NC(=O)c1ccccc1. The van der Waals surface area contributed by atoms with Gasteiger partial charge in [-0.2, -0.15) is 0 Å². The molecule has 0 saturated heterocycles. The van der Waals surface area contributed by atoms with Gasteiger partial charge in [-0.25, -0.2) is 4.79 Å². The van der Waals surface area contributed by atoms with Gasteiger partial charge in [0.15, 0.2) is 0 Å². The number of amides is 1. The minimum absolute atomic E-state index is 0.0965. The highest BCUT2D eigenvalue weighted by Crippen LogP contribution is 2.09. The van der Waals surface area contributed by atoms with Crippen molar-refractivity contribution in [2.24, 2.45) is 0 Å². The lowest BCUT2D eigenvalue weighted by Gasteiger charge is -2.25. The van der Waals surface area contributed by atoms with Crippen LogP contribution >= 0.6 is 0 Å². The molecule has 0 radical (unpaired) electrons. The number of hydrogen-bond acceptors (Lipinski definition) is 3. The van der Waals surface area contributed by atoms with Crippen molar-refractivity contribution < 1.29 is 14.3 Å². The van der Waals surface area contributed by atoms with Gasteiger partial charge < -0.3 is 10.1 Å². The Hall–Kier alpha value is -2.62. The molecule has 0 spiro atoms. The molecule has 4 heteroatoms. The maximum Gasteiger partial charge on any atom is 0.338 e. The summed E-state index contributed by atoms with van der Waals surface area (Å²) in [6.45, 7) is 3.72. The molecule has 22 heavy (non-hydrogen) atoms. The molecule has 2 aromatic carbocycles. The number of ether oxygens (including phenoxy) is 1. The largest absolute Gasteiger partial charge is 0.460 e. The maximum absolute atomic E-state index is 12.1. The zero-order valence-electron chi connectivity index (χ0n) is 12.7. The molecule has 0 bridgehead atoms. The second-order valence-corrected chi connectivity index (χ2v) is 5.65. The molecule has 4 nitrogen and oxygen atoms in total. The number of esters is 1. The molecule has 1 N–H and O–H groups in total. The van der Waals surface area contributed by atoms with E-state index >= 15 is 0 Å². The molecule has 0 aliphatic carbocycles. The van der Waals surface area contributed by atoms with Gasteiger partial charge in [0.05, 0.1) is 11.1 Å². The van der Waals surface area contributed by atoms with Crippen molar-refractivity contribution >= 4 is 11.9 Å². The smallest absolute Gasteiger partial charge is 0.338 e. The quantitative estimate of drug-likeness (QED) is 0.863. The van der Waals surface area contributed by atoms with Crippen LogP contribution in [0.3, 0.4) is 0 Å². The van der Waals surface area contributed by atoms with Gasteiger partial charge in [0.2, 0.25) is 0 Å². The third kappa shape index (κ3) is 4.45. The molecule has 2 rings (SSSR count). The lowest BCUT2D eigenvalue weighted by molar-refractivity contribution is 0.0390. The average molecular weight is 297 g/mol. The Labute approximate surface area is 130 Å². The van der Waals surface area contributed by atoms with Crippen LogP contribution in [0.4, 0.5) is 0 Å². The molecule has 0 aliphatic heterocycles. The van der Waals surface area contributed by atoms with E-state index in [4.69, 9.17) is 4.74 Å². The van der Waals surface area contributed by atoms with Crippen molar-refractivity contribution in [2.75, 3.05) is 6.61 Å². The zero-order chi connectivity index (χ0) is 16.0. The molecule has 0 aromatic heterocycles. The molecule has 0 atom stereocenters. The normalized spacial score (nSPS) is 10.8. The van der Waals surface area contributed by atoms with Crippen LogP contribution in [0.5, 0.6) is 0 Å². The fourth-order valence-electron chi connectivity index (χ4n) is 1.91.